The number of nitrogens with one attached hydrogen (secondary N) is 1. The molecule has 2 heterocycles. The zero-order valence-electron chi connectivity index (χ0n) is 10.0. The number of rotatable bonds is 4. The van der Waals surface area contributed by atoms with Crippen LogP contribution in [0.15, 0.2) is 28.3 Å². The lowest BCUT2D eigenvalue weighted by molar-refractivity contribution is 0.0910. The summed E-state index contributed by atoms with van der Waals surface area (Å²) in [4.78, 5) is 16.9. The number of amides is 1. The SMILES string of the molecule is CC(Cl)c1ccc(C(=O)NC(C)c2cncs2)o1. The molecule has 2 aromatic rings. The molecule has 4 nitrogen and oxygen atoms in total. The Hall–Kier alpha value is -1.33. The monoisotopic (exact) mass is 284 g/mol. The molecular weight excluding hydrogens is 272 g/mol. The van der Waals surface area contributed by atoms with Crippen LogP contribution in [0.3, 0.4) is 0 Å². The number of halogens is 1. The van der Waals surface area contributed by atoms with Gasteiger partial charge in [-0.2, -0.15) is 0 Å². The van der Waals surface area contributed by atoms with Gasteiger partial charge in [0.15, 0.2) is 5.76 Å². The van der Waals surface area contributed by atoms with Crippen LogP contribution in [0.1, 0.15) is 46.5 Å². The Labute approximate surface area is 114 Å². The molecule has 0 spiro atoms. The molecule has 0 fully saturated rings. The lowest BCUT2D eigenvalue weighted by Gasteiger charge is -2.10. The summed E-state index contributed by atoms with van der Waals surface area (Å²) >= 11 is 7.38. The third-order valence-corrected chi connectivity index (χ3v) is 3.64. The number of hydrogen-bond acceptors (Lipinski definition) is 4. The van der Waals surface area contributed by atoms with E-state index in [1.165, 1.54) is 11.3 Å². The molecule has 0 saturated heterocycles. The van der Waals surface area contributed by atoms with Gasteiger partial charge in [0.2, 0.25) is 0 Å². The summed E-state index contributed by atoms with van der Waals surface area (Å²) in [6.45, 7) is 3.70. The minimum absolute atomic E-state index is 0.0908. The number of carbonyl (C=O) groups is 1. The first-order valence-corrected chi connectivity index (χ1v) is 6.82. The second-order valence-corrected chi connectivity index (χ2v) is 5.49. The third kappa shape index (κ3) is 2.91. The predicted octanol–water partition coefficient (Wildman–Crippen LogP) is 3.53. The molecule has 2 unspecified atom stereocenters. The van der Waals surface area contributed by atoms with Crippen LogP contribution >= 0.6 is 22.9 Å². The molecule has 0 radical (unpaired) electrons. The Morgan fingerprint density at radius 3 is 2.83 bits per heavy atom. The Morgan fingerprint density at radius 2 is 2.28 bits per heavy atom. The van der Waals surface area contributed by atoms with E-state index < -0.39 is 0 Å². The van der Waals surface area contributed by atoms with Crippen molar-refractivity contribution in [3.8, 4) is 0 Å². The lowest BCUT2D eigenvalue weighted by Crippen LogP contribution is -2.25. The molecule has 0 aliphatic carbocycles. The molecule has 2 rings (SSSR count). The van der Waals surface area contributed by atoms with E-state index in [0.29, 0.717) is 5.76 Å². The highest BCUT2D eigenvalue weighted by Crippen LogP contribution is 2.22. The van der Waals surface area contributed by atoms with Gasteiger partial charge < -0.3 is 9.73 Å². The number of carbonyl (C=O) groups excluding carboxylic acids is 1. The van der Waals surface area contributed by atoms with Crippen LogP contribution in [0.5, 0.6) is 0 Å². The Kier molecular flexibility index (Phi) is 4.04. The number of furan rings is 1. The average Bonchev–Trinajstić information content (AvgIpc) is 3.00. The molecule has 0 aliphatic rings. The van der Waals surface area contributed by atoms with E-state index in [1.54, 1.807) is 30.8 Å². The standard InChI is InChI=1S/C12H13ClN2O2S/c1-7(13)9-3-4-10(17-9)12(16)15-8(2)11-5-14-6-18-11/h3-8H,1-2H3,(H,15,16). The molecule has 1 N–H and O–H groups in total. The second-order valence-electron chi connectivity index (χ2n) is 3.92. The van der Waals surface area contributed by atoms with Gasteiger partial charge in [-0.15, -0.1) is 22.9 Å². The average molecular weight is 285 g/mol. The van der Waals surface area contributed by atoms with E-state index in [-0.39, 0.29) is 23.1 Å². The maximum atomic E-state index is 11.9. The first-order chi connectivity index (χ1) is 8.58. The normalized spacial score (nSPS) is 14.2. The summed E-state index contributed by atoms with van der Waals surface area (Å²) in [7, 11) is 0. The van der Waals surface area contributed by atoms with Crippen molar-refractivity contribution < 1.29 is 9.21 Å². The van der Waals surface area contributed by atoms with Gasteiger partial charge in [0, 0.05) is 11.1 Å². The minimum atomic E-state index is -0.250. The maximum Gasteiger partial charge on any atom is 0.287 e. The van der Waals surface area contributed by atoms with E-state index in [4.69, 9.17) is 16.0 Å². The summed E-state index contributed by atoms with van der Waals surface area (Å²) in [5.74, 6) is 0.612. The van der Waals surface area contributed by atoms with Crippen LogP contribution < -0.4 is 5.32 Å². The van der Waals surface area contributed by atoms with Crippen molar-refractivity contribution in [2.75, 3.05) is 0 Å². The highest BCUT2D eigenvalue weighted by atomic mass is 35.5. The fourth-order valence-corrected chi connectivity index (χ4v) is 2.21. The van der Waals surface area contributed by atoms with Crippen molar-refractivity contribution in [3.05, 3.63) is 40.2 Å². The van der Waals surface area contributed by atoms with Crippen LogP contribution in [0.4, 0.5) is 0 Å². The van der Waals surface area contributed by atoms with Gasteiger partial charge in [0.25, 0.3) is 5.91 Å². The van der Waals surface area contributed by atoms with Crippen molar-refractivity contribution in [2.24, 2.45) is 0 Å². The summed E-state index contributed by atoms with van der Waals surface area (Å²) in [6, 6.07) is 3.25. The van der Waals surface area contributed by atoms with Crippen molar-refractivity contribution in [1.29, 1.82) is 0 Å². The molecule has 6 heteroatoms. The van der Waals surface area contributed by atoms with Crippen LogP contribution in [-0.2, 0) is 0 Å². The highest BCUT2D eigenvalue weighted by molar-refractivity contribution is 7.09. The Morgan fingerprint density at radius 1 is 1.50 bits per heavy atom. The molecule has 2 aromatic heterocycles. The predicted molar refractivity (Wildman–Crippen MR) is 71.0 cm³/mol. The molecule has 1 amide bonds. The number of alkyl halides is 1. The van der Waals surface area contributed by atoms with E-state index in [1.807, 2.05) is 6.92 Å². The molecule has 0 aromatic carbocycles. The largest absolute Gasteiger partial charge is 0.454 e. The maximum absolute atomic E-state index is 11.9. The Balaban J connectivity index is 2.03. The highest BCUT2D eigenvalue weighted by Gasteiger charge is 2.16. The number of thiazole rings is 1. The summed E-state index contributed by atoms with van der Waals surface area (Å²) in [6.07, 6.45) is 1.74. The van der Waals surface area contributed by atoms with E-state index in [2.05, 4.69) is 10.3 Å². The van der Waals surface area contributed by atoms with Gasteiger partial charge in [0.05, 0.1) is 16.9 Å². The van der Waals surface area contributed by atoms with Gasteiger partial charge in [0.1, 0.15) is 5.76 Å². The van der Waals surface area contributed by atoms with Gasteiger partial charge in [-0.3, -0.25) is 9.78 Å². The van der Waals surface area contributed by atoms with Crippen LogP contribution in [0, 0.1) is 0 Å². The zero-order valence-corrected chi connectivity index (χ0v) is 11.6. The molecular formula is C12H13ClN2O2S. The second kappa shape index (κ2) is 5.54. The van der Waals surface area contributed by atoms with Gasteiger partial charge in [-0.25, -0.2) is 0 Å². The topological polar surface area (TPSA) is 55.1 Å². The molecule has 0 aliphatic heterocycles. The van der Waals surface area contributed by atoms with E-state index >= 15 is 0 Å². The molecule has 0 bridgehead atoms. The van der Waals surface area contributed by atoms with Crippen LogP contribution in [0.2, 0.25) is 0 Å². The van der Waals surface area contributed by atoms with Crippen molar-refractivity contribution >= 4 is 28.8 Å². The molecule has 0 saturated carbocycles. The van der Waals surface area contributed by atoms with Gasteiger partial charge >= 0.3 is 0 Å². The third-order valence-electron chi connectivity index (χ3n) is 2.47. The van der Waals surface area contributed by atoms with Crippen LogP contribution in [-0.4, -0.2) is 10.9 Å². The van der Waals surface area contributed by atoms with Crippen molar-refractivity contribution in [2.45, 2.75) is 25.3 Å². The number of hydrogen-bond donors (Lipinski definition) is 1. The Bertz CT molecular complexity index is 522. The van der Waals surface area contributed by atoms with Gasteiger partial charge in [-0.05, 0) is 26.0 Å². The number of aromatic nitrogens is 1. The van der Waals surface area contributed by atoms with E-state index in [0.717, 1.165) is 4.88 Å². The van der Waals surface area contributed by atoms with Gasteiger partial charge in [-0.1, -0.05) is 0 Å². The van der Waals surface area contributed by atoms with Crippen molar-refractivity contribution in [1.82, 2.24) is 10.3 Å². The number of nitrogens with zero attached hydrogens (tertiary/aromatic N) is 1. The van der Waals surface area contributed by atoms with E-state index in [9.17, 15) is 4.79 Å². The summed E-state index contributed by atoms with van der Waals surface area (Å²) in [5, 5.41) is 2.60. The fourth-order valence-electron chi connectivity index (χ4n) is 1.47. The first-order valence-electron chi connectivity index (χ1n) is 5.51. The summed E-state index contributed by atoms with van der Waals surface area (Å²) in [5.41, 5.74) is 1.73. The lowest BCUT2D eigenvalue weighted by atomic mass is 10.3. The molecule has 2 atom stereocenters. The molecule has 18 heavy (non-hydrogen) atoms. The summed E-state index contributed by atoms with van der Waals surface area (Å²) < 4.78 is 5.37. The minimum Gasteiger partial charge on any atom is -0.454 e. The first kappa shape index (κ1) is 13.1. The zero-order chi connectivity index (χ0) is 13.1. The van der Waals surface area contributed by atoms with Crippen LogP contribution in [0.25, 0.3) is 0 Å². The van der Waals surface area contributed by atoms with Crippen molar-refractivity contribution in [3.63, 3.8) is 0 Å². The quantitative estimate of drug-likeness (QED) is 0.874. The fraction of sp³-hybridized carbons (Fsp3) is 0.333. The smallest absolute Gasteiger partial charge is 0.287 e. The molecule has 96 valence electrons.